The molecule has 5 rings (SSSR count). The Hall–Kier alpha value is -2.93. The number of carbonyl (C=O) groups excluding carboxylic acids is 1. The Morgan fingerprint density at radius 3 is 2.70 bits per heavy atom. The van der Waals surface area contributed by atoms with Crippen molar-refractivity contribution in [2.75, 3.05) is 30.5 Å². The smallest absolute Gasteiger partial charge is 0.251 e. The van der Waals surface area contributed by atoms with Crippen LogP contribution in [-0.4, -0.2) is 43.5 Å². The van der Waals surface area contributed by atoms with Crippen LogP contribution < -0.4 is 25.0 Å². The van der Waals surface area contributed by atoms with Crippen LogP contribution in [0.25, 0.3) is 0 Å². The molecule has 176 valence electrons. The molecule has 1 amide bonds. The van der Waals surface area contributed by atoms with Crippen LogP contribution in [0.15, 0.2) is 36.4 Å². The fourth-order valence-electron chi connectivity index (χ4n) is 5.26. The van der Waals surface area contributed by atoms with Gasteiger partial charge in [-0.25, -0.2) is 0 Å². The molecule has 2 aromatic rings. The number of hydrogen-bond acceptors (Lipinski definition) is 6. The maximum Gasteiger partial charge on any atom is 0.251 e. The van der Waals surface area contributed by atoms with Crippen molar-refractivity contribution in [1.82, 2.24) is 5.32 Å². The van der Waals surface area contributed by atoms with E-state index < -0.39 is 5.60 Å². The summed E-state index contributed by atoms with van der Waals surface area (Å²) in [5.41, 5.74) is 2.84. The van der Waals surface area contributed by atoms with Crippen molar-refractivity contribution in [3.05, 3.63) is 47.5 Å². The van der Waals surface area contributed by atoms with Crippen molar-refractivity contribution in [2.24, 2.45) is 5.92 Å². The fraction of sp³-hybridized carbons (Fsp3) is 0.500. The minimum absolute atomic E-state index is 0.0662. The standard InChI is InChI=1S/C26H33N3O4/c1-26(2,31)18-8-9-20-21(15-18)29(3)24(28-20)16-5-4-6-19(13-16)27-25(30)17-7-10-22-23(14-17)33-12-11-32-22/h7-10,14-16,19,24,28,31H,4-6,11-13H2,1-3H3,(H,27,30). The Kier molecular flexibility index (Phi) is 5.60. The van der Waals surface area contributed by atoms with E-state index >= 15 is 0 Å². The lowest BCUT2D eigenvalue weighted by atomic mass is 9.83. The number of nitrogens with zero attached hydrogens (tertiary/aromatic N) is 1. The number of nitrogens with one attached hydrogen (secondary N) is 2. The van der Waals surface area contributed by atoms with Crippen LogP contribution in [0.2, 0.25) is 0 Å². The van der Waals surface area contributed by atoms with E-state index in [1.54, 1.807) is 12.1 Å². The van der Waals surface area contributed by atoms with E-state index in [-0.39, 0.29) is 18.1 Å². The van der Waals surface area contributed by atoms with Crippen LogP contribution in [0.5, 0.6) is 11.5 Å². The Bertz CT molecular complexity index is 1050. The second kappa shape index (κ2) is 8.45. The molecule has 0 saturated heterocycles. The SMILES string of the molecule is CN1c2cc(C(C)(C)O)ccc2NC1C1CCCC(NC(=O)c2ccc3c(c2)OCCO3)C1. The van der Waals surface area contributed by atoms with Crippen molar-refractivity contribution in [1.29, 1.82) is 0 Å². The highest BCUT2D eigenvalue weighted by molar-refractivity contribution is 5.95. The third-order valence-electron chi connectivity index (χ3n) is 7.11. The number of amides is 1. The van der Waals surface area contributed by atoms with Gasteiger partial charge in [-0.15, -0.1) is 0 Å². The zero-order valence-corrected chi connectivity index (χ0v) is 19.6. The van der Waals surface area contributed by atoms with Crippen molar-refractivity contribution in [3.8, 4) is 11.5 Å². The summed E-state index contributed by atoms with van der Waals surface area (Å²) in [6.45, 7) is 4.66. The third kappa shape index (κ3) is 4.34. The van der Waals surface area contributed by atoms with Crippen molar-refractivity contribution < 1.29 is 19.4 Å². The highest BCUT2D eigenvalue weighted by atomic mass is 16.6. The number of fused-ring (bicyclic) bond motifs is 2. The second-order valence-electron chi connectivity index (χ2n) is 9.95. The molecule has 1 fully saturated rings. The molecule has 0 spiro atoms. The Balaban J connectivity index is 1.25. The van der Waals surface area contributed by atoms with E-state index in [2.05, 4.69) is 34.7 Å². The predicted molar refractivity (Wildman–Crippen MR) is 128 cm³/mol. The first-order chi connectivity index (χ1) is 15.8. The van der Waals surface area contributed by atoms with E-state index in [0.29, 0.717) is 36.2 Å². The van der Waals surface area contributed by atoms with Gasteiger partial charge in [0.05, 0.1) is 17.0 Å². The summed E-state index contributed by atoms with van der Waals surface area (Å²) in [7, 11) is 2.11. The molecule has 2 aliphatic heterocycles. The van der Waals surface area contributed by atoms with Crippen LogP contribution in [0.4, 0.5) is 11.4 Å². The molecule has 1 saturated carbocycles. The van der Waals surface area contributed by atoms with Gasteiger partial charge >= 0.3 is 0 Å². The van der Waals surface area contributed by atoms with Crippen molar-refractivity contribution in [2.45, 2.75) is 57.3 Å². The Morgan fingerprint density at radius 2 is 1.91 bits per heavy atom. The number of anilines is 2. The first-order valence-corrected chi connectivity index (χ1v) is 11.9. The zero-order valence-electron chi connectivity index (χ0n) is 19.6. The number of benzene rings is 2. The summed E-state index contributed by atoms with van der Waals surface area (Å²) >= 11 is 0. The quantitative estimate of drug-likeness (QED) is 0.655. The molecule has 0 radical (unpaired) electrons. The van der Waals surface area contributed by atoms with Crippen molar-refractivity contribution >= 4 is 17.3 Å². The van der Waals surface area contributed by atoms with Gasteiger partial charge in [0.1, 0.15) is 19.4 Å². The van der Waals surface area contributed by atoms with Gasteiger partial charge in [-0.2, -0.15) is 0 Å². The fourth-order valence-corrected chi connectivity index (χ4v) is 5.26. The molecule has 7 heteroatoms. The molecule has 3 aliphatic rings. The molecular formula is C26H33N3O4. The molecule has 0 aromatic heterocycles. The van der Waals surface area contributed by atoms with Gasteiger partial charge in [-0.3, -0.25) is 4.79 Å². The highest BCUT2D eigenvalue weighted by Crippen LogP contribution is 2.41. The number of ether oxygens (including phenoxy) is 2. The Morgan fingerprint density at radius 1 is 1.12 bits per heavy atom. The molecule has 33 heavy (non-hydrogen) atoms. The van der Waals surface area contributed by atoms with Crippen LogP contribution >= 0.6 is 0 Å². The third-order valence-corrected chi connectivity index (χ3v) is 7.11. The molecule has 2 heterocycles. The van der Waals surface area contributed by atoms with Gasteiger partial charge in [0.2, 0.25) is 0 Å². The van der Waals surface area contributed by atoms with E-state index in [1.807, 2.05) is 26.0 Å². The molecule has 1 aliphatic carbocycles. The molecule has 3 atom stereocenters. The Labute approximate surface area is 195 Å². The first-order valence-electron chi connectivity index (χ1n) is 11.9. The first kappa shape index (κ1) is 21.9. The van der Waals surface area contributed by atoms with E-state index in [9.17, 15) is 9.90 Å². The van der Waals surface area contributed by atoms with Gasteiger partial charge in [-0.1, -0.05) is 12.5 Å². The number of rotatable bonds is 4. The summed E-state index contributed by atoms with van der Waals surface area (Å²) in [6, 6.07) is 11.6. The van der Waals surface area contributed by atoms with E-state index in [4.69, 9.17) is 9.47 Å². The number of hydrogen-bond donors (Lipinski definition) is 3. The lowest BCUT2D eigenvalue weighted by Crippen LogP contribution is -2.46. The van der Waals surface area contributed by atoms with E-state index in [1.165, 1.54) is 0 Å². The second-order valence-corrected chi connectivity index (χ2v) is 9.95. The molecule has 2 aromatic carbocycles. The van der Waals surface area contributed by atoms with Crippen LogP contribution in [0.3, 0.4) is 0 Å². The van der Waals surface area contributed by atoms with Crippen LogP contribution in [-0.2, 0) is 5.60 Å². The van der Waals surface area contributed by atoms with Gasteiger partial charge in [0, 0.05) is 18.7 Å². The summed E-state index contributed by atoms with van der Waals surface area (Å²) < 4.78 is 11.2. The van der Waals surface area contributed by atoms with Crippen LogP contribution in [0, 0.1) is 5.92 Å². The van der Waals surface area contributed by atoms with Gasteiger partial charge < -0.3 is 30.1 Å². The zero-order chi connectivity index (χ0) is 23.2. The minimum atomic E-state index is -0.873. The average Bonchev–Trinajstić information content (AvgIpc) is 3.14. The monoisotopic (exact) mass is 451 g/mol. The van der Waals surface area contributed by atoms with Gasteiger partial charge in [-0.05, 0) is 74.9 Å². The van der Waals surface area contributed by atoms with Gasteiger partial charge in [0.25, 0.3) is 5.91 Å². The highest BCUT2D eigenvalue weighted by Gasteiger charge is 2.36. The lowest BCUT2D eigenvalue weighted by Gasteiger charge is -2.36. The lowest BCUT2D eigenvalue weighted by molar-refractivity contribution is 0.0786. The summed E-state index contributed by atoms with van der Waals surface area (Å²) in [4.78, 5) is 15.2. The summed E-state index contributed by atoms with van der Waals surface area (Å²) in [5.74, 6) is 1.67. The molecule has 3 unspecified atom stereocenters. The van der Waals surface area contributed by atoms with E-state index in [0.717, 1.165) is 42.6 Å². The predicted octanol–water partition coefficient (Wildman–Crippen LogP) is 3.86. The largest absolute Gasteiger partial charge is 0.486 e. The van der Waals surface area contributed by atoms with Gasteiger partial charge in [0.15, 0.2) is 11.5 Å². The topological polar surface area (TPSA) is 83.1 Å². The molecule has 0 bridgehead atoms. The molecular weight excluding hydrogens is 418 g/mol. The number of aliphatic hydroxyl groups is 1. The summed E-state index contributed by atoms with van der Waals surface area (Å²) in [6.07, 6.45) is 4.27. The molecule has 7 nitrogen and oxygen atoms in total. The summed E-state index contributed by atoms with van der Waals surface area (Å²) in [5, 5.41) is 17.3. The normalized spacial score (nSPS) is 24.1. The average molecular weight is 452 g/mol. The minimum Gasteiger partial charge on any atom is -0.486 e. The number of carbonyl (C=O) groups is 1. The van der Waals surface area contributed by atoms with Crippen molar-refractivity contribution in [3.63, 3.8) is 0 Å². The maximum atomic E-state index is 12.9. The van der Waals surface area contributed by atoms with Crippen LogP contribution in [0.1, 0.15) is 55.5 Å². The molecule has 3 N–H and O–H groups in total. The maximum absolute atomic E-state index is 12.9.